The van der Waals surface area contributed by atoms with Gasteiger partial charge in [-0.3, -0.25) is 14.2 Å². The van der Waals surface area contributed by atoms with Crippen LogP contribution in [0.1, 0.15) is 73.7 Å². The molecule has 1 aliphatic rings. The number of benzene rings is 1. The molecule has 1 atom stereocenters. The van der Waals surface area contributed by atoms with Gasteiger partial charge in [-0.25, -0.2) is 0 Å². The van der Waals surface area contributed by atoms with Crippen LogP contribution in [0, 0.1) is 5.92 Å². The summed E-state index contributed by atoms with van der Waals surface area (Å²) in [6.45, 7) is 2.06. The summed E-state index contributed by atoms with van der Waals surface area (Å²) in [5, 5.41) is 2.90. The second-order valence-electron chi connectivity index (χ2n) is 8.07. The molecule has 1 amide bonds. The lowest BCUT2D eigenvalue weighted by atomic mass is 9.97. The number of amides is 1. The average Bonchev–Trinajstić information content (AvgIpc) is 3.16. The van der Waals surface area contributed by atoms with Crippen molar-refractivity contribution in [3.63, 3.8) is 0 Å². The topological polar surface area (TPSA) is 92.7 Å². The van der Waals surface area contributed by atoms with Gasteiger partial charge < -0.3 is 14.7 Å². The Morgan fingerprint density at radius 1 is 1.10 bits per heavy atom. The van der Waals surface area contributed by atoms with E-state index in [-0.39, 0.29) is 12.5 Å². The quantitative estimate of drug-likeness (QED) is 0.360. The van der Waals surface area contributed by atoms with Crippen molar-refractivity contribution >= 4 is 19.3 Å². The predicted octanol–water partition coefficient (Wildman–Crippen LogP) is 4.50. The van der Waals surface area contributed by atoms with Gasteiger partial charge in [0.2, 0.25) is 0 Å². The van der Waals surface area contributed by atoms with E-state index >= 15 is 0 Å². The third kappa shape index (κ3) is 10.2. The fourth-order valence-electron chi connectivity index (χ4n) is 3.73. The fourth-order valence-corrected chi connectivity index (χ4v) is 4.20. The SMILES string of the molecule is CP(=O)(O)OCCCCCCNC(=O)c1ccc(CC(=O)CC2CCCC2)cc1. The number of ketones is 1. The fraction of sp³-hybridized carbons (Fsp3) is 0.636. The minimum absolute atomic E-state index is 0.107. The number of Topliss-reactive ketones (excluding diaryl/α,β-unsaturated/α-hetero) is 1. The summed E-state index contributed by atoms with van der Waals surface area (Å²) < 4.78 is 15.8. The van der Waals surface area contributed by atoms with E-state index in [1.807, 2.05) is 12.1 Å². The summed E-state index contributed by atoms with van der Waals surface area (Å²) in [6.07, 6.45) is 9.40. The van der Waals surface area contributed by atoms with Gasteiger partial charge in [-0.2, -0.15) is 0 Å². The van der Waals surface area contributed by atoms with E-state index in [2.05, 4.69) is 5.32 Å². The van der Waals surface area contributed by atoms with E-state index in [9.17, 15) is 14.2 Å². The van der Waals surface area contributed by atoms with E-state index < -0.39 is 7.60 Å². The van der Waals surface area contributed by atoms with Crippen molar-refractivity contribution in [2.75, 3.05) is 19.8 Å². The van der Waals surface area contributed by atoms with Gasteiger partial charge >= 0.3 is 7.60 Å². The molecule has 29 heavy (non-hydrogen) atoms. The summed E-state index contributed by atoms with van der Waals surface area (Å²) in [4.78, 5) is 33.4. The van der Waals surface area contributed by atoms with Crippen LogP contribution in [-0.2, 0) is 20.3 Å². The van der Waals surface area contributed by atoms with Gasteiger partial charge in [0.05, 0.1) is 6.61 Å². The molecule has 2 N–H and O–H groups in total. The Labute approximate surface area is 174 Å². The molecule has 1 aromatic carbocycles. The smallest absolute Gasteiger partial charge is 0.325 e. The van der Waals surface area contributed by atoms with E-state index in [1.165, 1.54) is 32.3 Å². The monoisotopic (exact) mass is 423 g/mol. The maximum absolute atomic E-state index is 12.2. The van der Waals surface area contributed by atoms with Crippen LogP contribution in [0.25, 0.3) is 0 Å². The third-order valence-corrected chi connectivity index (χ3v) is 5.96. The van der Waals surface area contributed by atoms with Crippen molar-refractivity contribution in [1.29, 1.82) is 0 Å². The zero-order valence-corrected chi connectivity index (χ0v) is 18.3. The molecule has 0 saturated heterocycles. The number of hydrogen-bond acceptors (Lipinski definition) is 4. The van der Waals surface area contributed by atoms with Crippen molar-refractivity contribution in [3.8, 4) is 0 Å². The Bertz CT molecular complexity index is 692. The second kappa shape index (κ2) is 12.3. The molecule has 2 rings (SSSR count). The van der Waals surface area contributed by atoms with Crippen LogP contribution < -0.4 is 5.32 Å². The van der Waals surface area contributed by atoms with Crippen molar-refractivity contribution in [2.45, 2.75) is 64.2 Å². The summed E-state index contributed by atoms with van der Waals surface area (Å²) in [6, 6.07) is 7.30. The molecule has 1 aliphatic carbocycles. The number of carbonyl (C=O) groups excluding carboxylic acids is 2. The Hall–Kier alpha value is -1.49. The number of carbonyl (C=O) groups is 2. The molecular weight excluding hydrogens is 389 g/mol. The predicted molar refractivity (Wildman–Crippen MR) is 114 cm³/mol. The Balaban J connectivity index is 1.59. The van der Waals surface area contributed by atoms with Crippen molar-refractivity contribution in [1.82, 2.24) is 5.32 Å². The molecule has 0 heterocycles. The molecule has 162 valence electrons. The van der Waals surface area contributed by atoms with Gasteiger partial charge in [0.15, 0.2) is 0 Å². The number of hydrogen-bond donors (Lipinski definition) is 2. The molecule has 0 spiro atoms. The first-order valence-electron chi connectivity index (χ1n) is 10.7. The highest BCUT2D eigenvalue weighted by atomic mass is 31.2. The molecule has 1 aromatic rings. The van der Waals surface area contributed by atoms with Gasteiger partial charge in [0.25, 0.3) is 5.91 Å². The van der Waals surface area contributed by atoms with Crippen LogP contribution in [0.2, 0.25) is 0 Å². The van der Waals surface area contributed by atoms with E-state index in [0.717, 1.165) is 31.2 Å². The second-order valence-corrected chi connectivity index (χ2v) is 9.94. The van der Waals surface area contributed by atoms with Crippen LogP contribution >= 0.6 is 7.60 Å². The van der Waals surface area contributed by atoms with Crippen molar-refractivity contribution < 1.29 is 23.6 Å². The minimum atomic E-state index is -3.37. The van der Waals surface area contributed by atoms with E-state index in [0.29, 0.717) is 36.7 Å². The summed E-state index contributed by atoms with van der Waals surface area (Å²) in [7, 11) is -3.37. The lowest BCUT2D eigenvalue weighted by Crippen LogP contribution is -2.24. The van der Waals surface area contributed by atoms with Gasteiger partial charge in [0, 0.05) is 31.6 Å². The van der Waals surface area contributed by atoms with Crippen molar-refractivity contribution in [3.05, 3.63) is 35.4 Å². The normalized spacial score (nSPS) is 16.5. The van der Waals surface area contributed by atoms with Gasteiger partial charge in [-0.15, -0.1) is 0 Å². The van der Waals surface area contributed by atoms with Crippen molar-refractivity contribution in [2.24, 2.45) is 5.92 Å². The summed E-state index contributed by atoms with van der Waals surface area (Å²) >= 11 is 0. The van der Waals surface area contributed by atoms with Crippen LogP contribution in [0.5, 0.6) is 0 Å². The molecule has 7 heteroatoms. The van der Waals surface area contributed by atoms with E-state index in [4.69, 9.17) is 9.42 Å². The number of nitrogens with one attached hydrogen (secondary N) is 1. The van der Waals surface area contributed by atoms with E-state index in [1.54, 1.807) is 12.1 Å². The molecule has 1 unspecified atom stereocenters. The third-order valence-electron chi connectivity index (χ3n) is 5.30. The molecule has 6 nitrogen and oxygen atoms in total. The van der Waals surface area contributed by atoms with Crippen LogP contribution in [-0.4, -0.2) is 36.4 Å². The Morgan fingerprint density at radius 2 is 1.76 bits per heavy atom. The highest BCUT2D eigenvalue weighted by Crippen LogP contribution is 2.36. The first kappa shape index (κ1) is 23.8. The number of unbranched alkanes of at least 4 members (excludes halogenated alkanes) is 3. The first-order chi connectivity index (χ1) is 13.8. The average molecular weight is 423 g/mol. The van der Waals surface area contributed by atoms with Crippen LogP contribution in [0.15, 0.2) is 24.3 Å². The molecule has 0 radical (unpaired) electrons. The Kier molecular flexibility index (Phi) is 10.1. The first-order valence-corrected chi connectivity index (χ1v) is 12.7. The maximum Gasteiger partial charge on any atom is 0.325 e. The summed E-state index contributed by atoms with van der Waals surface area (Å²) in [5.41, 5.74) is 1.57. The summed E-state index contributed by atoms with van der Waals surface area (Å²) in [5.74, 6) is 0.757. The van der Waals surface area contributed by atoms with Gasteiger partial charge in [-0.1, -0.05) is 50.7 Å². The molecule has 1 fully saturated rings. The van der Waals surface area contributed by atoms with Crippen LogP contribution in [0.3, 0.4) is 0 Å². The highest BCUT2D eigenvalue weighted by Gasteiger charge is 2.18. The Morgan fingerprint density at radius 3 is 2.41 bits per heavy atom. The lowest BCUT2D eigenvalue weighted by Gasteiger charge is -2.09. The maximum atomic E-state index is 12.2. The largest absolute Gasteiger partial charge is 0.352 e. The molecule has 1 saturated carbocycles. The van der Waals surface area contributed by atoms with Gasteiger partial charge in [-0.05, 0) is 36.5 Å². The molecule has 0 aliphatic heterocycles. The zero-order valence-electron chi connectivity index (χ0n) is 17.4. The standard InChI is InChI=1S/C22H34NO5P/c1-29(26,27)28-15-7-3-2-6-14-23-22(25)20-12-10-19(11-13-20)17-21(24)16-18-8-4-5-9-18/h10-13,18H,2-9,14-17H2,1H3,(H,23,25)(H,26,27). The highest BCUT2D eigenvalue weighted by molar-refractivity contribution is 7.51. The zero-order chi connectivity index (χ0) is 21.1. The lowest BCUT2D eigenvalue weighted by molar-refractivity contribution is -0.119. The molecule has 0 aromatic heterocycles. The van der Waals surface area contributed by atoms with Crippen LogP contribution in [0.4, 0.5) is 0 Å². The molecule has 0 bridgehead atoms. The van der Waals surface area contributed by atoms with Gasteiger partial charge in [0.1, 0.15) is 5.78 Å². The molecular formula is C22H34NO5P. The minimum Gasteiger partial charge on any atom is -0.352 e. The number of rotatable bonds is 13.